The fourth-order valence-corrected chi connectivity index (χ4v) is 6.22. The van der Waals surface area contributed by atoms with Crippen molar-refractivity contribution in [3.8, 4) is 22.4 Å². The number of benzene rings is 3. The second kappa shape index (κ2) is 11.2. The fraction of sp³-hybridized carbons (Fsp3) is 0.235. The van der Waals surface area contributed by atoms with Crippen molar-refractivity contribution in [2.24, 2.45) is 0 Å². The molecule has 3 aromatic carbocycles. The molecule has 0 saturated carbocycles. The predicted octanol–water partition coefficient (Wildman–Crippen LogP) is 7.07. The van der Waals surface area contributed by atoms with Crippen LogP contribution in [0.25, 0.3) is 33.5 Å². The number of halogens is 2. The maximum absolute atomic E-state index is 14.0. The Morgan fingerprint density at radius 2 is 1.74 bits per heavy atom. The molecule has 43 heavy (non-hydrogen) atoms. The lowest BCUT2D eigenvalue weighted by atomic mass is 9.92. The van der Waals surface area contributed by atoms with E-state index in [2.05, 4.69) is 31.0 Å². The van der Waals surface area contributed by atoms with Crippen LogP contribution >= 0.6 is 23.2 Å². The van der Waals surface area contributed by atoms with Gasteiger partial charge in [-0.25, -0.2) is 9.97 Å². The summed E-state index contributed by atoms with van der Waals surface area (Å²) in [6.45, 7) is -0.940. The van der Waals surface area contributed by atoms with Gasteiger partial charge in [0.1, 0.15) is 5.52 Å². The Hall–Kier alpha value is -4.04. The molecule has 5 aromatic rings. The summed E-state index contributed by atoms with van der Waals surface area (Å²) in [5, 5.41) is 0.319. The molecule has 0 unspecified atom stereocenters. The van der Waals surface area contributed by atoms with Gasteiger partial charge >= 0.3 is 0 Å². The van der Waals surface area contributed by atoms with Crippen LogP contribution in [0.1, 0.15) is 51.2 Å². The van der Waals surface area contributed by atoms with Crippen molar-refractivity contribution in [2.75, 3.05) is 27.5 Å². The first kappa shape index (κ1) is 22.5. The van der Waals surface area contributed by atoms with Gasteiger partial charge in [-0.15, -0.1) is 0 Å². The Morgan fingerprint density at radius 3 is 2.47 bits per heavy atom. The van der Waals surface area contributed by atoms with Gasteiger partial charge in [0.05, 0.1) is 27.5 Å². The monoisotopic (exact) mass is 617 g/mol. The molecular weight excluding hydrogens is 581 g/mol. The van der Waals surface area contributed by atoms with E-state index in [1.54, 1.807) is 49.6 Å². The molecule has 0 atom stereocenters. The molecule has 1 aliphatic rings. The van der Waals surface area contributed by atoms with E-state index < -0.39 is 25.8 Å². The van der Waals surface area contributed by atoms with Crippen LogP contribution in [0, 0.1) is 13.8 Å². The van der Waals surface area contributed by atoms with E-state index in [4.69, 9.17) is 41.4 Å². The second-order valence-corrected chi connectivity index (χ2v) is 11.6. The minimum Gasteiger partial charge on any atom is -0.345 e. The first-order chi connectivity index (χ1) is 23.0. The van der Waals surface area contributed by atoms with Gasteiger partial charge in [-0.05, 0) is 85.5 Å². The van der Waals surface area contributed by atoms with Crippen molar-refractivity contribution in [3.05, 3.63) is 104 Å². The summed E-state index contributed by atoms with van der Waals surface area (Å²) in [7, 11) is 2.10. The molecule has 6 rings (SSSR count). The van der Waals surface area contributed by atoms with Crippen LogP contribution in [0.4, 0.5) is 0 Å². The first-order valence-electron chi connectivity index (χ1n) is 16.6. The number of aromatic nitrogens is 3. The summed E-state index contributed by atoms with van der Waals surface area (Å²) in [5.74, 6) is -1.69. The van der Waals surface area contributed by atoms with E-state index in [-0.39, 0.29) is 31.7 Å². The Labute approximate surface area is 269 Å². The number of fused-ring (bicyclic) bond motifs is 2. The molecule has 2 aromatic heterocycles. The highest BCUT2D eigenvalue weighted by Crippen LogP contribution is 2.35. The van der Waals surface area contributed by atoms with Crippen molar-refractivity contribution in [1.29, 1.82) is 0 Å². The Kier molecular flexibility index (Phi) is 5.87. The smallest absolute Gasteiger partial charge is 0.266 e. The highest BCUT2D eigenvalue weighted by Gasteiger charge is 2.24. The van der Waals surface area contributed by atoms with E-state index in [1.165, 1.54) is 21.8 Å². The number of nitrogens with zero attached hydrogens (tertiary/aromatic N) is 5. The quantitative estimate of drug-likeness (QED) is 0.216. The normalized spacial score (nSPS) is 15.9. The minimum absolute atomic E-state index is 0.0732. The Balaban J connectivity index is 1.52. The molecule has 0 spiro atoms. The zero-order valence-electron chi connectivity index (χ0n) is 29.7. The second-order valence-electron chi connectivity index (χ2n) is 10.8. The van der Waals surface area contributed by atoms with Gasteiger partial charge in [-0.2, -0.15) is 0 Å². The Morgan fingerprint density at radius 1 is 1.00 bits per heavy atom. The maximum atomic E-state index is 14.0. The molecule has 7 nitrogen and oxygen atoms in total. The molecule has 0 saturated heterocycles. The molecule has 1 aliphatic heterocycles. The van der Waals surface area contributed by atoms with Crippen molar-refractivity contribution in [2.45, 2.75) is 26.8 Å². The lowest BCUT2D eigenvalue weighted by Crippen LogP contribution is -2.27. The van der Waals surface area contributed by atoms with Gasteiger partial charge in [-0.1, -0.05) is 41.4 Å². The number of carbonyl (C=O) groups is 2. The summed E-state index contributed by atoms with van der Waals surface area (Å²) in [6.07, 6.45) is 4.08. The molecule has 0 aliphatic carbocycles. The van der Waals surface area contributed by atoms with E-state index in [0.717, 1.165) is 30.6 Å². The minimum atomic E-state index is -3.20. The van der Waals surface area contributed by atoms with Gasteiger partial charge in [0.2, 0.25) is 0 Å². The van der Waals surface area contributed by atoms with Gasteiger partial charge in [-0.3, -0.25) is 14.2 Å². The molecule has 0 bridgehead atoms. The molecule has 9 heteroatoms. The zero-order valence-corrected chi connectivity index (χ0v) is 25.2. The highest BCUT2D eigenvalue weighted by atomic mass is 35.5. The van der Waals surface area contributed by atoms with Crippen LogP contribution in [-0.2, 0) is 13.0 Å². The summed E-state index contributed by atoms with van der Waals surface area (Å²) in [4.78, 5) is 39.2. The predicted molar refractivity (Wildman–Crippen MR) is 172 cm³/mol. The van der Waals surface area contributed by atoms with Crippen molar-refractivity contribution >= 4 is 46.2 Å². The van der Waals surface area contributed by atoms with Gasteiger partial charge < -0.3 is 9.80 Å². The first-order valence-corrected chi connectivity index (χ1v) is 14.3. The third-order valence-electron chi connectivity index (χ3n) is 7.91. The molecule has 218 valence electrons. The third kappa shape index (κ3) is 5.22. The average molecular weight is 619 g/mol. The van der Waals surface area contributed by atoms with Crippen LogP contribution < -0.4 is 0 Å². The third-order valence-corrected chi connectivity index (χ3v) is 8.54. The SMILES string of the molecule is [2H]C([2H])([2H])N(C(=O)c1ccc(-c2cn(C(=O)c3c(Cl)cccc3Cl)c3ncc(-c4cc(C)c5c(c4)CCN(C)C5)nc23)cc1C)C([2H])([2H])[2H]. The molecule has 1 amide bonds. The van der Waals surface area contributed by atoms with Crippen molar-refractivity contribution in [1.82, 2.24) is 24.3 Å². The molecule has 3 heterocycles. The molecule has 0 radical (unpaired) electrons. The fourth-order valence-electron chi connectivity index (χ4n) is 5.66. The largest absolute Gasteiger partial charge is 0.345 e. The van der Waals surface area contributed by atoms with E-state index in [0.29, 0.717) is 27.9 Å². The van der Waals surface area contributed by atoms with Crippen molar-refractivity contribution in [3.63, 3.8) is 0 Å². The van der Waals surface area contributed by atoms with Crippen LogP contribution in [0.2, 0.25) is 10.0 Å². The van der Waals surface area contributed by atoms with Crippen LogP contribution in [0.3, 0.4) is 0 Å². The number of aryl methyl sites for hydroxylation is 2. The van der Waals surface area contributed by atoms with E-state index >= 15 is 0 Å². The summed E-state index contributed by atoms with van der Waals surface area (Å²) >= 11 is 12.8. The van der Waals surface area contributed by atoms with Crippen LogP contribution in [0.15, 0.2) is 60.9 Å². The van der Waals surface area contributed by atoms with Crippen LogP contribution in [0.5, 0.6) is 0 Å². The molecule has 0 fully saturated rings. The van der Waals surface area contributed by atoms with Gasteiger partial charge in [0.15, 0.2) is 5.65 Å². The van der Waals surface area contributed by atoms with E-state index in [9.17, 15) is 9.59 Å². The maximum Gasteiger partial charge on any atom is 0.266 e. The standard InChI is InChI=1S/C34H31Cl2N5O2/c1-19-13-21(9-10-24(19)33(42)39(3)4)26-18-41(34(43)30-27(35)7-6-8-28(30)36)32-31(26)38-29(16-37-32)23-14-20(2)25-17-40(5)12-11-22(25)15-23/h6-10,13-16,18H,11-12,17H2,1-5H3/i3D3,4D3. The van der Waals surface area contributed by atoms with Gasteiger partial charge in [0.25, 0.3) is 11.8 Å². The highest BCUT2D eigenvalue weighted by molar-refractivity contribution is 6.40. The van der Waals surface area contributed by atoms with Crippen molar-refractivity contribution < 1.29 is 17.8 Å². The number of carbonyl (C=O) groups excluding carboxylic acids is 2. The van der Waals surface area contributed by atoms with E-state index in [1.807, 2.05) is 0 Å². The number of amides is 1. The molecule has 0 N–H and O–H groups in total. The average Bonchev–Trinajstić information content (AvgIpc) is 3.38. The van der Waals surface area contributed by atoms with Gasteiger partial charge in [0, 0.05) is 58.2 Å². The molecular formula is C34H31Cl2N5O2. The summed E-state index contributed by atoms with van der Waals surface area (Å²) in [5.41, 5.74) is 7.10. The zero-order chi connectivity index (χ0) is 35.6. The lowest BCUT2D eigenvalue weighted by molar-refractivity contribution is 0.0826. The Bertz CT molecular complexity index is 2130. The topological polar surface area (TPSA) is 71.3 Å². The number of likely N-dealkylation sites (N-methyl/N-ethyl adjacent to an activating group) is 1. The summed E-state index contributed by atoms with van der Waals surface area (Å²) < 4.78 is 47.4. The van der Waals surface area contributed by atoms with Crippen LogP contribution in [-0.4, -0.2) is 63.7 Å². The summed E-state index contributed by atoms with van der Waals surface area (Å²) in [6, 6.07) is 13.5. The lowest BCUT2D eigenvalue weighted by Gasteiger charge is -2.27. The number of hydrogen-bond acceptors (Lipinski definition) is 5. The number of hydrogen-bond donors (Lipinski definition) is 0. The number of rotatable bonds is 4.